The fourth-order valence-corrected chi connectivity index (χ4v) is 2.92. The minimum atomic E-state index is -0.600. The number of para-hydroxylation sites is 1. The number of H-pyrrole nitrogens is 1. The van der Waals surface area contributed by atoms with Crippen molar-refractivity contribution >= 4 is 5.97 Å². The molecular weight excluding hydrogens is 294 g/mol. The van der Waals surface area contributed by atoms with E-state index in [-0.39, 0.29) is 11.5 Å². The number of hydrogen-bond acceptors (Lipinski definition) is 4. The quantitative estimate of drug-likeness (QED) is 0.866. The number of hydrogen-bond donors (Lipinski definition) is 1. The molecule has 0 amide bonds. The monoisotopic (exact) mass is 313 g/mol. The Bertz CT molecular complexity index is 809. The van der Waals surface area contributed by atoms with Crippen LogP contribution in [0.1, 0.15) is 40.2 Å². The number of aromatic amines is 1. The molecule has 0 bridgehead atoms. The fraction of sp³-hybridized carbons (Fsp3) is 0.333. The van der Waals surface area contributed by atoms with E-state index in [2.05, 4.69) is 4.98 Å². The third-order valence-corrected chi connectivity index (χ3v) is 4.05. The summed E-state index contributed by atoms with van der Waals surface area (Å²) in [5.74, 6) is 0.133. The van der Waals surface area contributed by atoms with Gasteiger partial charge in [0, 0.05) is 17.2 Å². The summed E-state index contributed by atoms with van der Waals surface area (Å²) >= 11 is 0. The summed E-state index contributed by atoms with van der Waals surface area (Å²) in [6, 6.07) is 9.26. The maximum absolute atomic E-state index is 12.5. The maximum Gasteiger partial charge on any atom is 0.344 e. The number of esters is 1. The summed E-state index contributed by atoms with van der Waals surface area (Å²) in [5, 5.41) is 0. The molecule has 0 fully saturated rings. The first kappa shape index (κ1) is 15.3. The van der Waals surface area contributed by atoms with Gasteiger partial charge in [-0.15, -0.1) is 0 Å². The van der Waals surface area contributed by atoms with E-state index in [0.29, 0.717) is 17.9 Å². The van der Waals surface area contributed by atoms with Crippen LogP contribution >= 0.6 is 0 Å². The van der Waals surface area contributed by atoms with E-state index in [1.54, 1.807) is 19.9 Å². The van der Waals surface area contributed by atoms with Crippen molar-refractivity contribution < 1.29 is 14.3 Å². The highest BCUT2D eigenvalue weighted by molar-refractivity contribution is 5.90. The highest BCUT2D eigenvalue weighted by Crippen LogP contribution is 2.37. The van der Waals surface area contributed by atoms with Crippen LogP contribution in [0.4, 0.5) is 0 Å². The van der Waals surface area contributed by atoms with Crippen LogP contribution in [-0.2, 0) is 4.74 Å². The fourth-order valence-electron chi connectivity index (χ4n) is 2.92. The molecule has 0 saturated heterocycles. The second-order valence-electron chi connectivity index (χ2n) is 5.99. The molecule has 0 aliphatic carbocycles. The molecule has 5 nitrogen and oxygen atoms in total. The van der Waals surface area contributed by atoms with Crippen molar-refractivity contribution in [2.45, 2.75) is 26.9 Å². The predicted octanol–water partition coefficient (Wildman–Crippen LogP) is 2.92. The highest BCUT2D eigenvalue weighted by Gasteiger charge is 2.32. The Morgan fingerprint density at radius 1 is 1.30 bits per heavy atom. The Kier molecular flexibility index (Phi) is 3.94. The van der Waals surface area contributed by atoms with Gasteiger partial charge < -0.3 is 14.5 Å². The number of benzene rings is 1. The van der Waals surface area contributed by atoms with Crippen LogP contribution in [0.5, 0.6) is 5.75 Å². The number of aryl methyl sites for hydroxylation is 2. The summed E-state index contributed by atoms with van der Waals surface area (Å²) < 4.78 is 11.3. The smallest absolute Gasteiger partial charge is 0.344 e. The molecule has 0 saturated carbocycles. The lowest BCUT2D eigenvalue weighted by molar-refractivity contribution is -0.000468. The second kappa shape index (κ2) is 5.91. The lowest BCUT2D eigenvalue weighted by Crippen LogP contribution is -2.30. The van der Waals surface area contributed by atoms with E-state index in [9.17, 15) is 9.59 Å². The van der Waals surface area contributed by atoms with Crippen molar-refractivity contribution in [1.82, 2.24) is 4.98 Å². The second-order valence-corrected chi connectivity index (χ2v) is 5.99. The number of fused-ring (bicyclic) bond motifs is 1. The lowest BCUT2D eigenvalue weighted by Gasteiger charge is -2.31. The molecule has 1 aliphatic rings. The van der Waals surface area contributed by atoms with Crippen molar-refractivity contribution in [1.29, 1.82) is 0 Å². The Labute approximate surface area is 134 Å². The van der Waals surface area contributed by atoms with Crippen LogP contribution in [0.3, 0.4) is 0 Å². The Balaban J connectivity index is 1.93. The van der Waals surface area contributed by atoms with Gasteiger partial charge in [0.15, 0.2) is 0 Å². The van der Waals surface area contributed by atoms with Crippen molar-refractivity contribution in [2.75, 3.05) is 6.61 Å². The number of carbonyl (C=O) groups excluding carboxylic acids is 1. The van der Waals surface area contributed by atoms with Crippen molar-refractivity contribution in [3.8, 4) is 5.75 Å². The van der Waals surface area contributed by atoms with E-state index in [1.807, 2.05) is 31.2 Å². The van der Waals surface area contributed by atoms with Crippen molar-refractivity contribution in [3.05, 3.63) is 63.1 Å². The van der Waals surface area contributed by atoms with Gasteiger partial charge in [0.25, 0.3) is 5.56 Å². The zero-order valence-electron chi connectivity index (χ0n) is 13.4. The Morgan fingerprint density at radius 2 is 2.04 bits per heavy atom. The summed E-state index contributed by atoms with van der Waals surface area (Å²) in [6.07, 6.45) is -0.424. The molecule has 1 aliphatic heterocycles. The normalized spacial score (nSPS) is 19.6. The molecule has 2 atom stereocenters. The van der Waals surface area contributed by atoms with E-state index < -0.39 is 17.6 Å². The third-order valence-electron chi connectivity index (χ3n) is 4.05. The molecular formula is C18H19NO4. The first-order chi connectivity index (χ1) is 11.0. The first-order valence-electron chi connectivity index (χ1n) is 7.60. The summed E-state index contributed by atoms with van der Waals surface area (Å²) in [6.45, 7) is 5.94. The van der Waals surface area contributed by atoms with Gasteiger partial charge in [-0.05, 0) is 31.5 Å². The maximum atomic E-state index is 12.5. The molecule has 2 heterocycles. The van der Waals surface area contributed by atoms with Crippen LogP contribution in [-0.4, -0.2) is 17.6 Å². The molecule has 3 rings (SSSR count). The number of nitrogens with one attached hydrogen (secondary N) is 1. The van der Waals surface area contributed by atoms with Crippen molar-refractivity contribution in [3.63, 3.8) is 0 Å². The molecule has 23 heavy (non-hydrogen) atoms. The topological polar surface area (TPSA) is 68.4 Å². The molecule has 0 spiro atoms. The van der Waals surface area contributed by atoms with Gasteiger partial charge >= 0.3 is 5.97 Å². The zero-order chi connectivity index (χ0) is 16.6. The number of carbonyl (C=O) groups is 1. The average Bonchev–Trinajstić information content (AvgIpc) is 2.49. The average molecular weight is 313 g/mol. The number of ether oxygens (including phenoxy) is 2. The first-order valence-corrected chi connectivity index (χ1v) is 7.60. The predicted molar refractivity (Wildman–Crippen MR) is 85.8 cm³/mol. The lowest BCUT2D eigenvalue weighted by atomic mass is 9.94. The molecule has 2 aromatic rings. The number of pyridine rings is 1. The minimum absolute atomic E-state index is 0.0127. The van der Waals surface area contributed by atoms with Crippen LogP contribution in [0.25, 0.3) is 0 Å². The molecule has 2 unspecified atom stereocenters. The standard InChI is InChI=1S/C18H19NO4/c1-10-8-12(3)19-17(20)15(10)18(21)23-16-11(2)9-22-14-7-5-4-6-13(14)16/h4-8,11,16H,9H2,1-3H3,(H,19,20). The van der Waals surface area contributed by atoms with Gasteiger partial charge in [0.2, 0.25) is 0 Å². The Hall–Kier alpha value is -2.56. The SMILES string of the molecule is Cc1cc(C)c(C(=O)OC2c3ccccc3OCC2C)c(=O)[nH]1. The summed E-state index contributed by atoms with van der Waals surface area (Å²) in [5.41, 5.74) is 1.81. The van der Waals surface area contributed by atoms with Gasteiger partial charge in [-0.1, -0.05) is 25.1 Å². The van der Waals surface area contributed by atoms with Gasteiger partial charge in [-0.2, -0.15) is 0 Å². The molecule has 1 N–H and O–H groups in total. The van der Waals surface area contributed by atoms with Crippen LogP contribution in [0, 0.1) is 19.8 Å². The van der Waals surface area contributed by atoms with E-state index in [0.717, 1.165) is 11.3 Å². The number of aromatic nitrogens is 1. The molecule has 1 aromatic carbocycles. The van der Waals surface area contributed by atoms with Crippen LogP contribution in [0.15, 0.2) is 35.1 Å². The van der Waals surface area contributed by atoms with Crippen LogP contribution < -0.4 is 10.3 Å². The molecule has 1 aromatic heterocycles. The van der Waals surface area contributed by atoms with E-state index in [4.69, 9.17) is 9.47 Å². The zero-order valence-corrected chi connectivity index (χ0v) is 13.4. The Morgan fingerprint density at radius 3 is 2.78 bits per heavy atom. The highest BCUT2D eigenvalue weighted by atomic mass is 16.6. The molecule has 0 radical (unpaired) electrons. The largest absolute Gasteiger partial charge is 0.493 e. The van der Waals surface area contributed by atoms with Gasteiger partial charge in [-0.25, -0.2) is 4.79 Å². The molecule has 5 heteroatoms. The third kappa shape index (κ3) is 2.86. The van der Waals surface area contributed by atoms with Crippen molar-refractivity contribution in [2.24, 2.45) is 5.92 Å². The summed E-state index contributed by atoms with van der Waals surface area (Å²) in [4.78, 5) is 27.3. The van der Waals surface area contributed by atoms with Crippen LogP contribution in [0.2, 0.25) is 0 Å². The van der Waals surface area contributed by atoms with Gasteiger partial charge in [-0.3, -0.25) is 4.79 Å². The van der Waals surface area contributed by atoms with Gasteiger partial charge in [0.1, 0.15) is 17.4 Å². The van der Waals surface area contributed by atoms with Gasteiger partial charge in [0.05, 0.1) is 6.61 Å². The minimum Gasteiger partial charge on any atom is -0.493 e. The molecule has 120 valence electrons. The van der Waals surface area contributed by atoms with E-state index >= 15 is 0 Å². The summed E-state index contributed by atoms with van der Waals surface area (Å²) in [7, 11) is 0. The van der Waals surface area contributed by atoms with E-state index in [1.165, 1.54) is 0 Å². The number of rotatable bonds is 2.